The molecule has 0 atom stereocenters. The van der Waals surface area contributed by atoms with Crippen LogP contribution in [0.3, 0.4) is 0 Å². The van der Waals surface area contributed by atoms with Crippen LogP contribution < -0.4 is 4.74 Å². The summed E-state index contributed by atoms with van der Waals surface area (Å²) < 4.78 is 6.47. The van der Waals surface area contributed by atoms with E-state index in [1.807, 2.05) is 242 Å². The zero-order valence-corrected chi connectivity index (χ0v) is 78.6. The first kappa shape index (κ1) is 85.6. The lowest BCUT2D eigenvalue weighted by Gasteiger charge is -2.39. The van der Waals surface area contributed by atoms with Crippen LogP contribution in [-0.4, -0.2) is 44.9 Å². The molecule has 13 nitrogen and oxygen atoms in total. The highest BCUT2D eigenvalue weighted by Crippen LogP contribution is 2.67. The maximum absolute atomic E-state index is 7.89. The molecule has 3 aliphatic carbocycles. The average molecular weight is 1870 g/mol. The predicted molar refractivity (Wildman–Crippen MR) is 573 cm³/mol. The first-order chi connectivity index (χ1) is 71.2. The van der Waals surface area contributed by atoms with E-state index in [0.717, 1.165) is 123 Å². The van der Waals surface area contributed by atoms with Crippen molar-refractivity contribution >= 4 is 40.6 Å². The van der Waals surface area contributed by atoms with E-state index in [2.05, 4.69) is 257 Å². The van der Waals surface area contributed by atoms with E-state index < -0.39 is 16.2 Å². The number of benzene rings is 19. The molecule has 0 bridgehead atoms. The molecule has 3 spiro atoms. The first-order valence-electron chi connectivity index (χ1n) is 47.5. The molecule has 6 aliphatic rings. The van der Waals surface area contributed by atoms with Gasteiger partial charge in [0, 0.05) is 80.8 Å². The van der Waals surface area contributed by atoms with Gasteiger partial charge in [0.2, 0.25) is 0 Å². The number of ether oxygens (including phenoxy) is 1. The van der Waals surface area contributed by atoms with Crippen molar-refractivity contribution in [1.29, 1.82) is 0 Å². The minimum atomic E-state index is -0.654. The normalized spacial score (nSPS) is 13.1. The van der Waals surface area contributed by atoms with Crippen LogP contribution in [0.25, 0.3) is 162 Å². The molecule has 0 amide bonds. The molecule has 15 heteroatoms. The number of hydrogen-bond donors (Lipinski definition) is 0. The van der Waals surface area contributed by atoms with Crippen molar-refractivity contribution in [3.63, 3.8) is 0 Å². The summed E-state index contributed by atoms with van der Waals surface area (Å²) in [6.45, 7) is 23.0. The predicted octanol–water partition coefficient (Wildman–Crippen LogP) is 32.1. The molecule has 0 saturated heterocycles. The maximum Gasteiger partial charge on any atom is 0.187 e. The van der Waals surface area contributed by atoms with Gasteiger partial charge in [-0.2, -0.15) is 0 Å². The Morgan fingerprint density at radius 2 is 0.389 bits per heavy atom. The second-order valence-corrected chi connectivity index (χ2v) is 38.2. The van der Waals surface area contributed by atoms with Gasteiger partial charge in [0.05, 0.1) is 36.0 Å². The molecule has 0 unspecified atom stereocenters. The number of hydrogen-bond acceptors (Lipinski definition) is 12. The van der Waals surface area contributed by atoms with E-state index >= 15 is 0 Å². The lowest BCUT2D eigenvalue weighted by atomic mass is 9.66. The molecule has 0 N–H and O–H groups in total. The minimum absolute atomic E-state index is 0.430. The summed E-state index contributed by atoms with van der Waals surface area (Å²) >= 11 is 3.67. The second kappa shape index (κ2) is 35.3. The third-order valence-electron chi connectivity index (χ3n) is 28.3. The lowest BCUT2D eigenvalue weighted by molar-refractivity contribution is 0.436. The van der Waals surface area contributed by atoms with Gasteiger partial charge in [-0.1, -0.05) is 430 Å². The van der Waals surface area contributed by atoms with Crippen LogP contribution >= 0.6 is 23.5 Å². The number of para-hydroxylation sites is 2. The molecule has 0 radical (unpaired) electrons. The van der Waals surface area contributed by atoms with Crippen molar-refractivity contribution in [3.05, 3.63) is 562 Å². The molecular weight excluding hydrogens is 1800 g/mol. The highest BCUT2D eigenvalue weighted by Gasteiger charge is 2.54. The van der Waals surface area contributed by atoms with Crippen LogP contribution in [0.15, 0.2) is 481 Å². The van der Waals surface area contributed by atoms with Crippen LogP contribution in [0, 0.1) is 19.7 Å². The summed E-state index contributed by atoms with van der Waals surface area (Å²) in [7, 11) is 0. The van der Waals surface area contributed by atoms with Crippen molar-refractivity contribution in [1.82, 2.24) is 44.9 Å². The first-order valence-corrected chi connectivity index (χ1v) is 49.2. The Kier molecular flexibility index (Phi) is 21.0. The van der Waals surface area contributed by atoms with Crippen LogP contribution in [0.1, 0.15) is 66.8 Å². The van der Waals surface area contributed by atoms with Crippen LogP contribution in [-0.2, 0) is 16.2 Å². The van der Waals surface area contributed by atoms with Crippen molar-refractivity contribution in [2.45, 2.75) is 35.8 Å². The van der Waals surface area contributed by atoms with Gasteiger partial charge in [0.1, 0.15) is 11.5 Å². The lowest BCUT2D eigenvalue weighted by Crippen LogP contribution is -2.32. The highest BCUT2D eigenvalue weighted by atomic mass is 32.2. The Bertz CT molecular complexity index is 8510. The highest BCUT2D eigenvalue weighted by molar-refractivity contribution is 7.99. The van der Waals surface area contributed by atoms with E-state index in [0.29, 0.717) is 69.5 Å². The monoisotopic (exact) mass is 1870 g/mol. The van der Waals surface area contributed by atoms with Gasteiger partial charge < -0.3 is 4.74 Å². The van der Waals surface area contributed by atoms with Gasteiger partial charge in [0.15, 0.2) is 69.5 Å². The smallest absolute Gasteiger partial charge is 0.187 e. The van der Waals surface area contributed by atoms with Gasteiger partial charge in [-0.15, -0.1) is 0 Å². The van der Waals surface area contributed by atoms with Crippen LogP contribution in [0.2, 0.25) is 0 Å². The largest absolute Gasteiger partial charge is 0.457 e. The number of nitrogens with zero attached hydrogens (tertiary/aromatic N) is 12. The van der Waals surface area contributed by atoms with Gasteiger partial charge in [0.25, 0.3) is 0 Å². The third kappa shape index (κ3) is 14.1. The van der Waals surface area contributed by atoms with Gasteiger partial charge in [-0.25, -0.2) is 59.4 Å². The quantitative estimate of drug-likeness (QED) is 0.120. The van der Waals surface area contributed by atoms with Gasteiger partial charge in [-0.3, -0.25) is 0 Å². The second-order valence-electron chi connectivity index (χ2n) is 36.0. The fourth-order valence-electron chi connectivity index (χ4n) is 22.0. The van der Waals surface area contributed by atoms with Gasteiger partial charge >= 0.3 is 0 Å². The zero-order chi connectivity index (χ0) is 96.0. The SMILES string of the molecule is [C-]#[N+]c1ccc(-c2ccc(-c3nc(-c4ccccc4)nc(-c4ccc5c(c4)-c4ccccc4C54c5ccccc5Sc5ccccc54)n3)cc2)cc1.[C-]#[N+]c1ccc2c(c1)C1(c3ccccc3Oc3ccccc31)c1ccc(-c3nc(-c4ccccc4)nc(-c4ccccc4)n3)cc1-2.[C-]#[N+]c1ccc2c(c1)C1(c3ccccc3Sc3ccccc31)c1ccc(-c3nc(-c4ccccc4)nc(-c4ccccc4)n3)cc1-2. The summed E-state index contributed by atoms with van der Waals surface area (Å²) in [5, 5.41) is 0. The molecule has 0 saturated carbocycles. The molecule has 670 valence electrons. The van der Waals surface area contributed by atoms with E-state index in [4.69, 9.17) is 69.3 Å². The molecule has 22 aromatic rings. The van der Waals surface area contributed by atoms with Crippen LogP contribution in [0.4, 0.5) is 17.1 Å². The number of fused-ring (bicyclic) bond motifs is 27. The molecular formula is C129H76N12OS2. The van der Waals surface area contributed by atoms with Crippen molar-refractivity contribution in [2.24, 2.45) is 0 Å². The van der Waals surface area contributed by atoms with Crippen LogP contribution in [0.5, 0.6) is 11.5 Å². The molecule has 3 aliphatic heterocycles. The fraction of sp³-hybridized carbons (Fsp3) is 0.0233. The Morgan fingerprint density at radius 1 is 0.167 bits per heavy atom. The summed E-state index contributed by atoms with van der Waals surface area (Å²) in [6.07, 6.45) is 0. The Morgan fingerprint density at radius 3 is 0.715 bits per heavy atom. The maximum atomic E-state index is 7.89. The molecule has 28 rings (SSSR count). The number of rotatable bonds is 10. The van der Waals surface area contributed by atoms with E-state index in [9.17, 15) is 0 Å². The van der Waals surface area contributed by atoms with Crippen molar-refractivity contribution < 1.29 is 4.74 Å². The van der Waals surface area contributed by atoms with E-state index in [1.54, 1.807) is 0 Å². The van der Waals surface area contributed by atoms with E-state index in [-0.39, 0.29) is 0 Å². The summed E-state index contributed by atoms with van der Waals surface area (Å²) in [4.78, 5) is 61.3. The Labute approximate surface area is 840 Å². The third-order valence-corrected chi connectivity index (χ3v) is 30.6. The minimum Gasteiger partial charge on any atom is -0.457 e. The Hall–Kier alpha value is -18.8. The van der Waals surface area contributed by atoms with Crippen molar-refractivity contribution in [3.8, 4) is 158 Å². The molecule has 19 aromatic carbocycles. The Balaban J connectivity index is 0.000000110. The topological polar surface area (TPSA) is 138 Å². The fourth-order valence-corrected chi connectivity index (χ4v) is 24.3. The molecule has 0 fully saturated rings. The summed E-state index contributed by atoms with van der Waals surface area (Å²) in [6, 6.07) is 159. The molecule has 6 heterocycles. The summed E-state index contributed by atoms with van der Waals surface area (Å²) in [5.74, 6) is 7.23. The standard InChI is InChI=1S/C47H28N4S.C41H24N4O.C41H24N4S/c1-48-35-26-23-31(24-27-35)30-19-21-33(22-20-30)45-49-44(32-11-3-2-4-12-32)50-46(51-45)34-25-28-39-37(29-34)36-13-5-6-14-38(36)47(39)40-15-7-9-17-42(40)52-43-18-10-8-16-41(43)47;2*1-42-29-21-22-30-31-24-28(40-44-38(26-12-4-2-5-13-26)43-39(45-40)27-14-6-3-7-15-27)20-23-32(31)41(35(30)25-29)33-16-8-10-18-36(33)46-37-19-11-9-17-34(37)41/h2-29H;2*2-25H. The summed E-state index contributed by atoms with van der Waals surface area (Å²) in [5.41, 5.74) is 31.9. The molecule has 144 heavy (non-hydrogen) atoms. The average Bonchev–Trinajstić information content (AvgIpc) is 1.50. The molecule has 3 aromatic heterocycles. The zero-order valence-electron chi connectivity index (χ0n) is 77.0. The van der Waals surface area contributed by atoms with Crippen molar-refractivity contribution in [2.75, 3.05) is 0 Å². The van der Waals surface area contributed by atoms with Gasteiger partial charge in [-0.05, 0) is 155 Å². The number of aromatic nitrogens is 9. The van der Waals surface area contributed by atoms with E-state index in [1.165, 1.54) is 69.7 Å².